The summed E-state index contributed by atoms with van der Waals surface area (Å²) in [6, 6.07) is 8.71. The van der Waals surface area contributed by atoms with E-state index >= 15 is 0 Å². The quantitative estimate of drug-likeness (QED) is 0.613. The van der Waals surface area contributed by atoms with Crippen LogP contribution in [0.15, 0.2) is 24.3 Å². The maximum Gasteiger partial charge on any atom is 0.0822 e. The molecule has 1 aromatic carbocycles. The maximum atomic E-state index is 10.2. The van der Waals surface area contributed by atoms with Crippen LogP contribution in [0, 0.1) is 6.92 Å². The monoisotopic (exact) mass is 191 g/mol. The lowest BCUT2D eigenvalue weighted by molar-refractivity contribution is 0.186. The fraction of sp³-hybridized carbons (Fsp3) is 0.538. The van der Waals surface area contributed by atoms with Crippen molar-refractivity contribution in [2.45, 2.75) is 39.0 Å². The molecule has 0 unspecified atom stereocenters. The second-order valence-corrected chi connectivity index (χ2v) is 3.85. The Kier molecular flexibility index (Phi) is 5.31. The zero-order valence-electron chi connectivity index (χ0n) is 8.96. The van der Waals surface area contributed by atoms with Gasteiger partial charge in [-0.25, -0.2) is 5.11 Å². The summed E-state index contributed by atoms with van der Waals surface area (Å²) >= 11 is 0. The van der Waals surface area contributed by atoms with E-state index in [1.165, 1.54) is 24.0 Å². The van der Waals surface area contributed by atoms with E-state index in [0.29, 0.717) is 0 Å². The van der Waals surface area contributed by atoms with Crippen LogP contribution in [0.2, 0.25) is 0 Å². The van der Waals surface area contributed by atoms with Gasteiger partial charge >= 0.3 is 0 Å². The second kappa shape index (κ2) is 6.61. The molecule has 0 aromatic heterocycles. The predicted molar refractivity (Wildman–Crippen MR) is 58.9 cm³/mol. The summed E-state index contributed by atoms with van der Waals surface area (Å²) in [5, 5.41) is 10.2. The molecule has 0 heterocycles. The molecule has 0 bridgehead atoms. The first-order chi connectivity index (χ1) is 6.83. The highest BCUT2D eigenvalue weighted by molar-refractivity contribution is 5.21. The Morgan fingerprint density at radius 1 is 0.929 bits per heavy atom. The minimum atomic E-state index is 0.0878. The van der Waals surface area contributed by atoms with Gasteiger partial charge in [-0.3, -0.25) is 0 Å². The fourth-order valence-corrected chi connectivity index (χ4v) is 1.54. The van der Waals surface area contributed by atoms with Crippen molar-refractivity contribution in [3.05, 3.63) is 35.4 Å². The molecule has 0 spiro atoms. The van der Waals surface area contributed by atoms with E-state index in [9.17, 15) is 5.11 Å². The van der Waals surface area contributed by atoms with Gasteiger partial charge in [-0.15, -0.1) is 0 Å². The number of benzene rings is 1. The van der Waals surface area contributed by atoms with Crippen LogP contribution in [0.4, 0.5) is 0 Å². The molecular formula is C13H19O. The van der Waals surface area contributed by atoms with Gasteiger partial charge in [-0.1, -0.05) is 42.7 Å². The zero-order chi connectivity index (χ0) is 10.2. The van der Waals surface area contributed by atoms with Crippen molar-refractivity contribution in [2.24, 2.45) is 0 Å². The highest BCUT2D eigenvalue weighted by atomic mass is 16.2. The molecule has 0 saturated carbocycles. The Morgan fingerprint density at radius 2 is 1.57 bits per heavy atom. The van der Waals surface area contributed by atoms with E-state index in [2.05, 4.69) is 31.2 Å². The van der Waals surface area contributed by atoms with Crippen LogP contribution in [0.1, 0.15) is 36.8 Å². The molecule has 0 aliphatic carbocycles. The largest absolute Gasteiger partial charge is 0.237 e. The summed E-state index contributed by atoms with van der Waals surface area (Å²) < 4.78 is 0. The predicted octanol–water partition coefficient (Wildman–Crippen LogP) is 3.53. The topological polar surface area (TPSA) is 19.9 Å². The molecule has 0 amide bonds. The molecule has 0 N–H and O–H groups in total. The summed E-state index contributed by atoms with van der Waals surface area (Å²) in [6.45, 7) is 2.20. The molecule has 0 aliphatic rings. The molecule has 77 valence electrons. The van der Waals surface area contributed by atoms with Crippen molar-refractivity contribution in [1.29, 1.82) is 0 Å². The van der Waals surface area contributed by atoms with Crippen LogP contribution in [0.5, 0.6) is 0 Å². The number of hydrogen-bond acceptors (Lipinski definition) is 0. The van der Waals surface area contributed by atoms with Gasteiger partial charge in [-0.2, -0.15) is 0 Å². The SMILES string of the molecule is Cc1ccc(CCCCCC[O])cc1. The summed E-state index contributed by atoms with van der Waals surface area (Å²) in [6.07, 6.45) is 5.49. The van der Waals surface area contributed by atoms with E-state index < -0.39 is 0 Å². The van der Waals surface area contributed by atoms with E-state index in [4.69, 9.17) is 0 Å². The van der Waals surface area contributed by atoms with E-state index in [1.807, 2.05) is 0 Å². The van der Waals surface area contributed by atoms with Crippen molar-refractivity contribution < 1.29 is 5.11 Å². The average molecular weight is 191 g/mol. The number of rotatable bonds is 6. The molecule has 1 aromatic rings. The average Bonchev–Trinajstić information content (AvgIpc) is 2.21. The fourth-order valence-electron chi connectivity index (χ4n) is 1.54. The molecular weight excluding hydrogens is 172 g/mol. The van der Waals surface area contributed by atoms with Crippen molar-refractivity contribution in [3.63, 3.8) is 0 Å². The van der Waals surface area contributed by atoms with Crippen LogP contribution in [0.3, 0.4) is 0 Å². The molecule has 0 aliphatic heterocycles. The summed E-state index contributed by atoms with van der Waals surface area (Å²) in [4.78, 5) is 0. The van der Waals surface area contributed by atoms with Gasteiger partial charge in [0.05, 0.1) is 6.61 Å². The molecule has 0 saturated heterocycles. The molecule has 1 nitrogen and oxygen atoms in total. The van der Waals surface area contributed by atoms with Gasteiger partial charge in [0, 0.05) is 0 Å². The minimum absolute atomic E-state index is 0.0878. The Labute approximate surface area is 86.8 Å². The molecule has 14 heavy (non-hydrogen) atoms. The molecule has 0 atom stereocenters. The van der Waals surface area contributed by atoms with Gasteiger partial charge in [0.15, 0.2) is 0 Å². The van der Waals surface area contributed by atoms with Crippen molar-refractivity contribution >= 4 is 0 Å². The lowest BCUT2D eigenvalue weighted by Gasteiger charge is -2.01. The van der Waals surface area contributed by atoms with Gasteiger partial charge in [-0.05, 0) is 31.7 Å². The summed E-state index contributed by atoms with van der Waals surface area (Å²) in [7, 11) is 0. The normalized spacial score (nSPS) is 10.4. The highest BCUT2D eigenvalue weighted by Gasteiger charge is 1.93. The van der Waals surface area contributed by atoms with Crippen LogP contribution < -0.4 is 0 Å². The van der Waals surface area contributed by atoms with Gasteiger partial charge < -0.3 is 0 Å². The first-order valence-corrected chi connectivity index (χ1v) is 5.46. The Balaban J connectivity index is 2.15. The Bertz CT molecular complexity index is 238. The third-order valence-corrected chi connectivity index (χ3v) is 2.48. The molecule has 1 radical (unpaired) electrons. The molecule has 1 heteroatoms. The molecule has 0 fully saturated rings. The van der Waals surface area contributed by atoms with Crippen LogP contribution >= 0.6 is 0 Å². The van der Waals surface area contributed by atoms with Crippen molar-refractivity contribution in [3.8, 4) is 0 Å². The third-order valence-electron chi connectivity index (χ3n) is 2.48. The van der Waals surface area contributed by atoms with E-state index in [1.54, 1.807) is 0 Å². The Morgan fingerprint density at radius 3 is 2.21 bits per heavy atom. The number of unbranched alkanes of at least 4 members (excludes halogenated alkanes) is 3. The van der Waals surface area contributed by atoms with Crippen molar-refractivity contribution in [1.82, 2.24) is 0 Å². The van der Waals surface area contributed by atoms with E-state index in [0.717, 1.165) is 19.3 Å². The summed E-state index contributed by atoms with van der Waals surface area (Å²) in [5.41, 5.74) is 2.73. The third kappa shape index (κ3) is 4.43. The lowest BCUT2D eigenvalue weighted by Crippen LogP contribution is -1.87. The number of aryl methyl sites for hydroxylation is 2. The second-order valence-electron chi connectivity index (χ2n) is 3.85. The first-order valence-electron chi connectivity index (χ1n) is 5.46. The highest BCUT2D eigenvalue weighted by Crippen LogP contribution is 2.08. The van der Waals surface area contributed by atoms with Crippen LogP contribution in [-0.2, 0) is 11.5 Å². The van der Waals surface area contributed by atoms with Crippen molar-refractivity contribution in [2.75, 3.05) is 6.61 Å². The lowest BCUT2D eigenvalue weighted by atomic mass is 10.1. The maximum absolute atomic E-state index is 10.2. The number of hydrogen-bond donors (Lipinski definition) is 0. The van der Waals surface area contributed by atoms with Gasteiger partial charge in [0.25, 0.3) is 0 Å². The smallest absolute Gasteiger partial charge is 0.0822 e. The van der Waals surface area contributed by atoms with Gasteiger partial charge in [0.1, 0.15) is 0 Å². The zero-order valence-corrected chi connectivity index (χ0v) is 8.96. The standard InChI is InChI=1S/C13H19O/c1-12-7-9-13(10-8-12)6-4-2-3-5-11-14/h7-10H,2-6,11H2,1H3. The molecule has 1 rings (SSSR count). The first kappa shape index (κ1) is 11.3. The van der Waals surface area contributed by atoms with Gasteiger partial charge in [0.2, 0.25) is 0 Å². The van der Waals surface area contributed by atoms with Crippen LogP contribution in [0.25, 0.3) is 0 Å². The van der Waals surface area contributed by atoms with E-state index in [-0.39, 0.29) is 6.61 Å². The summed E-state index contributed by atoms with van der Waals surface area (Å²) in [5.74, 6) is 0. The van der Waals surface area contributed by atoms with Crippen LogP contribution in [-0.4, -0.2) is 6.61 Å². The minimum Gasteiger partial charge on any atom is -0.237 e. The Hall–Kier alpha value is -0.820.